The van der Waals surface area contributed by atoms with Crippen LogP contribution in [0, 0.1) is 11.8 Å². The average Bonchev–Trinajstić information content (AvgIpc) is 2.29. The molecule has 0 aliphatic carbocycles. The van der Waals surface area contributed by atoms with Gasteiger partial charge in [-0.05, 0) is 25.2 Å². The maximum atomic E-state index is 12.2. The lowest BCUT2D eigenvalue weighted by Gasteiger charge is -2.39. The number of piperazine rings is 1. The van der Waals surface area contributed by atoms with Crippen molar-refractivity contribution in [1.29, 1.82) is 0 Å². The van der Waals surface area contributed by atoms with Crippen LogP contribution < -0.4 is 5.32 Å². The Morgan fingerprint density at radius 3 is 2.39 bits per heavy atom. The summed E-state index contributed by atoms with van der Waals surface area (Å²) in [6, 6.07) is -0.673. The molecule has 3 atom stereocenters. The Balaban J connectivity index is 2.86. The summed E-state index contributed by atoms with van der Waals surface area (Å²) in [5.41, 5.74) is 0. The molecule has 0 bridgehead atoms. The highest BCUT2D eigenvalue weighted by atomic mass is 16.2. The molecule has 1 heterocycles. The Morgan fingerprint density at radius 2 is 1.89 bits per heavy atom. The van der Waals surface area contributed by atoms with Gasteiger partial charge in [-0.1, -0.05) is 34.1 Å². The third-order valence-corrected chi connectivity index (χ3v) is 3.59. The van der Waals surface area contributed by atoms with Crippen LogP contribution in [0.4, 0.5) is 0 Å². The van der Waals surface area contributed by atoms with Crippen molar-refractivity contribution in [2.45, 2.75) is 59.5 Å². The lowest BCUT2D eigenvalue weighted by Crippen LogP contribution is -2.63. The molecule has 1 rings (SSSR count). The Morgan fingerprint density at radius 1 is 1.28 bits per heavy atom. The SMILES string of the molecule is CCC(C)CN1C(=O)C(C)NC(=O)C1CC(C)C. The molecule has 0 aromatic carbocycles. The Bertz CT molecular complexity index is 315. The van der Waals surface area contributed by atoms with Gasteiger partial charge in [0.05, 0.1) is 0 Å². The maximum absolute atomic E-state index is 12.2. The molecular formula is C14H26N2O2. The fourth-order valence-electron chi connectivity index (χ4n) is 2.28. The number of carbonyl (C=O) groups excluding carboxylic acids is 2. The van der Waals surface area contributed by atoms with E-state index in [-0.39, 0.29) is 23.9 Å². The molecule has 1 saturated heterocycles. The molecule has 4 nitrogen and oxygen atoms in total. The normalized spacial score (nSPS) is 26.4. The van der Waals surface area contributed by atoms with Crippen LogP contribution in [0.5, 0.6) is 0 Å². The molecule has 4 heteroatoms. The van der Waals surface area contributed by atoms with Gasteiger partial charge in [0, 0.05) is 6.54 Å². The van der Waals surface area contributed by atoms with E-state index in [9.17, 15) is 9.59 Å². The van der Waals surface area contributed by atoms with Gasteiger partial charge in [-0.15, -0.1) is 0 Å². The van der Waals surface area contributed by atoms with Gasteiger partial charge >= 0.3 is 0 Å². The standard InChI is InChI=1S/C14H26N2O2/c1-6-10(4)8-16-12(7-9(2)3)13(17)15-11(5)14(16)18/h9-12H,6-8H2,1-5H3,(H,15,17). The summed E-state index contributed by atoms with van der Waals surface area (Å²) in [7, 11) is 0. The first-order valence-corrected chi connectivity index (χ1v) is 6.97. The van der Waals surface area contributed by atoms with Gasteiger partial charge in [0.25, 0.3) is 0 Å². The first-order chi connectivity index (χ1) is 8.36. The largest absolute Gasteiger partial charge is 0.343 e. The second-order valence-electron chi connectivity index (χ2n) is 5.88. The van der Waals surface area contributed by atoms with Crippen LogP contribution in [-0.2, 0) is 9.59 Å². The predicted molar refractivity (Wildman–Crippen MR) is 72.0 cm³/mol. The molecule has 0 aromatic heterocycles. The van der Waals surface area contributed by atoms with E-state index in [1.54, 1.807) is 11.8 Å². The summed E-state index contributed by atoms with van der Waals surface area (Å²) in [4.78, 5) is 26.1. The first-order valence-electron chi connectivity index (χ1n) is 6.97. The monoisotopic (exact) mass is 254 g/mol. The smallest absolute Gasteiger partial charge is 0.245 e. The third-order valence-electron chi connectivity index (χ3n) is 3.59. The number of carbonyl (C=O) groups is 2. The van der Waals surface area contributed by atoms with Crippen molar-refractivity contribution in [3.8, 4) is 0 Å². The van der Waals surface area contributed by atoms with Crippen LogP contribution in [0.1, 0.15) is 47.5 Å². The minimum absolute atomic E-state index is 0.000830. The van der Waals surface area contributed by atoms with Crippen LogP contribution in [-0.4, -0.2) is 35.3 Å². The Hall–Kier alpha value is -1.06. The molecule has 3 unspecified atom stereocenters. The van der Waals surface area contributed by atoms with E-state index in [4.69, 9.17) is 0 Å². The van der Waals surface area contributed by atoms with Crippen molar-refractivity contribution >= 4 is 11.8 Å². The van der Waals surface area contributed by atoms with E-state index in [0.29, 0.717) is 18.4 Å². The number of nitrogens with one attached hydrogen (secondary N) is 1. The number of hydrogen-bond donors (Lipinski definition) is 1. The lowest BCUT2D eigenvalue weighted by molar-refractivity contribution is -0.150. The highest BCUT2D eigenvalue weighted by Crippen LogP contribution is 2.19. The van der Waals surface area contributed by atoms with Crippen molar-refractivity contribution < 1.29 is 9.59 Å². The van der Waals surface area contributed by atoms with E-state index in [1.165, 1.54) is 0 Å². The van der Waals surface area contributed by atoms with E-state index in [1.807, 2.05) is 0 Å². The van der Waals surface area contributed by atoms with E-state index < -0.39 is 0 Å². The maximum Gasteiger partial charge on any atom is 0.245 e. The number of rotatable bonds is 5. The molecule has 1 fully saturated rings. The summed E-state index contributed by atoms with van der Waals surface area (Å²) < 4.78 is 0. The number of hydrogen-bond acceptors (Lipinski definition) is 2. The van der Waals surface area contributed by atoms with Crippen LogP contribution in [0.2, 0.25) is 0 Å². The summed E-state index contributed by atoms with van der Waals surface area (Å²) in [6.07, 6.45) is 1.76. The summed E-state index contributed by atoms with van der Waals surface area (Å²) in [5.74, 6) is 0.891. The fraction of sp³-hybridized carbons (Fsp3) is 0.857. The fourth-order valence-corrected chi connectivity index (χ4v) is 2.28. The molecule has 1 N–H and O–H groups in total. The van der Waals surface area contributed by atoms with Crippen LogP contribution in [0.25, 0.3) is 0 Å². The van der Waals surface area contributed by atoms with Crippen molar-refractivity contribution in [2.24, 2.45) is 11.8 Å². The molecular weight excluding hydrogens is 228 g/mol. The van der Waals surface area contributed by atoms with E-state index in [0.717, 1.165) is 12.8 Å². The zero-order valence-electron chi connectivity index (χ0n) is 12.2. The molecule has 0 saturated carbocycles. The third kappa shape index (κ3) is 3.47. The lowest BCUT2D eigenvalue weighted by atomic mass is 9.96. The average molecular weight is 254 g/mol. The van der Waals surface area contributed by atoms with E-state index in [2.05, 4.69) is 33.0 Å². The highest BCUT2D eigenvalue weighted by Gasteiger charge is 2.38. The van der Waals surface area contributed by atoms with Crippen molar-refractivity contribution in [1.82, 2.24) is 10.2 Å². The summed E-state index contributed by atoms with van der Waals surface area (Å²) in [5, 5.41) is 2.78. The Kier molecular flexibility index (Phi) is 5.17. The van der Waals surface area contributed by atoms with Gasteiger partial charge in [0.2, 0.25) is 11.8 Å². The van der Waals surface area contributed by atoms with Gasteiger partial charge in [-0.3, -0.25) is 9.59 Å². The van der Waals surface area contributed by atoms with Gasteiger partial charge in [-0.25, -0.2) is 0 Å². The second-order valence-corrected chi connectivity index (χ2v) is 5.88. The summed E-state index contributed by atoms with van der Waals surface area (Å²) >= 11 is 0. The minimum atomic E-state index is -0.384. The summed E-state index contributed by atoms with van der Waals surface area (Å²) in [6.45, 7) is 10.8. The van der Waals surface area contributed by atoms with Crippen LogP contribution in [0.3, 0.4) is 0 Å². The van der Waals surface area contributed by atoms with Gasteiger partial charge in [-0.2, -0.15) is 0 Å². The zero-order chi connectivity index (χ0) is 13.9. The molecule has 2 amide bonds. The molecule has 1 aliphatic heterocycles. The number of nitrogens with zero attached hydrogens (tertiary/aromatic N) is 1. The number of amides is 2. The molecule has 1 aliphatic rings. The zero-order valence-corrected chi connectivity index (χ0v) is 12.2. The molecule has 0 aromatic rings. The van der Waals surface area contributed by atoms with Crippen LogP contribution in [0.15, 0.2) is 0 Å². The van der Waals surface area contributed by atoms with Gasteiger partial charge < -0.3 is 10.2 Å². The van der Waals surface area contributed by atoms with Crippen molar-refractivity contribution in [3.63, 3.8) is 0 Å². The van der Waals surface area contributed by atoms with Crippen molar-refractivity contribution in [2.75, 3.05) is 6.54 Å². The highest BCUT2D eigenvalue weighted by molar-refractivity contribution is 5.96. The van der Waals surface area contributed by atoms with E-state index >= 15 is 0 Å². The van der Waals surface area contributed by atoms with Gasteiger partial charge in [0.1, 0.15) is 12.1 Å². The molecule has 18 heavy (non-hydrogen) atoms. The Labute approximate surface area is 110 Å². The topological polar surface area (TPSA) is 49.4 Å². The molecule has 0 radical (unpaired) electrons. The first kappa shape index (κ1) is 15.0. The van der Waals surface area contributed by atoms with Crippen LogP contribution >= 0.6 is 0 Å². The molecule has 0 spiro atoms. The second kappa shape index (κ2) is 6.21. The minimum Gasteiger partial charge on any atom is -0.343 e. The van der Waals surface area contributed by atoms with Gasteiger partial charge in [0.15, 0.2) is 0 Å². The van der Waals surface area contributed by atoms with Crippen molar-refractivity contribution in [3.05, 3.63) is 0 Å². The molecule has 104 valence electrons. The quantitative estimate of drug-likeness (QED) is 0.813. The predicted octanol–water partition coefficient (Wildman–Crippen LogP) is 1.79.